The van der Waals surface area contributed by atoms with Gasteiger partial charge in [-0.1, -0.05) is 25.1 Å². The maximum Gasteiger partial charge on any atom is 0.228 e. The van der Waals surface area contributed by atoms with Gasteiger partial charge in [0.1, 0.15) is 5.75 Å². The van der Waals surface area contributed by atoms with Crippen molar-refractivity contribution in [2.75, 3.05) is 19.7 Å². The Balaban J connectivity index is 0.00000161. The Hall–Kier alpha value is -1.26. The molecule has 1 aromatic rings. The van der Waals surface area contributed by atoms with Crippen molar-refractivity contribution in [2.24, 2.45) is 5.92 Å². The molecule has 2 aliphatic heterocycles. The van der Waals surface area contributed by atoms with E-state index in [0.717, 1.165) is 37.2 Å². The molecule has 4 nitrogen and oxygen atoms in total. The number of nitrogens with one attached hydrogen (secondary N) is 2. The molecular formula is C16H23ClN2O2. The van der Waals surface area contributed by atoms with Gasteiger partial charge in [0.25, 0.3) is 0 Å². The van der Waals surface area contributed by atoms with Crippen molar-refractivity contribution < 1.29 is 9.53 Å². The predicted octanol–water partition coefficient (Wildman–Crippen LogP) is 2.09. The van der Waals surface area contributed by atoms with Gasteiger partial charge in [-0.3, -0.25) is 4.79 Å². The molecular weight excluding hydrogens is 288 g/mol. The number of benzene rings is 1. The van der Waals surface area contributed by atoms with E-state index >= 15 is 0 Å². The monoisotopic (exact) mass is 310 g/mol. The van der Waals surface area contributed by atoms with Crippen LogP contribution in [0.25, 0.3) is 0 Å². The summed E-state index contributed by atoms with van der Waals surface area (Å²) in [7, 11) is 0. The van der Waals surface area contributed by atoms with Gasteiger partial charge >= 0.3 is 0 Å². The summed E-state index contributed by atoms with van der Waals surface area (Å²) in [5.41, 5.74) is 1.02. The highest BCUT2D eigenvalue weighted by atomic mass is 35.5. The number of para-hydroxylation sites is 1. The molecule has 21 heavy (non-hydrogen) atoms. The van der Waals surface area contributed by atoms with Crippen LogP contribution in [0.2, 0.25) is 0 Å². The number of carbonyl (C=O) groups is 1. The molecule has 0 bridgehead atoms. The SMILES string of the molecule is CC1CCNCC1NC(=O)C1CCOc2ccccc21.Cl. The number of rotatable bonds is 2. The van der Waals surface area contributed by atoms with E-state index in [4.69, 9.17) is 4.74 Å². The molecule has 3 rings (SSSR count). The van der Waals surface area contributed by atoms with Crippen molar-refractivity contribution >= 4 is 18.3 Å². The van der Waals surface area contributed by atoms with Gasteiger partial charge in [0, 0.05) is 18.2 Å². The molecule has 3 unspecified atom stereocenters. The van der Waals surface area contributed by atoms with Crippen LogP contribution in [-0.4, -0.2) is 31.6 Å². The van der Waals surface area contributed by atoms with E-state index in [-0.39, 0.29) is 30.3 Å². The summed E-state index contributed by atoms with van der Waals surface area (Å²) in [6, 6.07) is 8.11. The number of amides is 1. The lowest BCUT2D eigenvalue weighted by atomic mass is 9.90. The average Bonchev–Trinajstić information content (AvgIpc) is 2.49. The van der Waals surface area contributed by atoms with E-state index < -0.39 is 0 Å². The zero-order valence-electron chi connectivity index (χ0n) is 12.3. The van der Waals surface area contributed by atoms with Gasteiger partial charge in [-0.25, -0.2) is 0 Å². The molecule has 5 heteroatoms. The fourth-order valence-corrected chi connectivity index (χ4v) is 3.08. The number of hydrogen-bond acceptors (Lipinski definition) is 3. The van der Waals surface area contributed by atoms with E-state index in [2.05, 4.69) is 17.6 Å². The first-order chi connectivity index (χ1) is 9.75. The number of halogens is 1. The van der Waals surface area contributed by atoms with Crippen LogP contribution < -0.4 is 15.4 Å². The third kappa shape index (κ3) is 3.50. The summed E-state index contributed by atoms with van der Waals surface area (Å²) in [5.74, 6) is 1.46. The maximum absolute atomic E-state index is 12.6. The van der Waals surface area contributed by atoms with Crippen molar-refractivity contribution in [1.29, 1.82) is 0 Å². The average molecular weight is 311 g/mol. The molecule has 0 aromatic heterocycles. The zero-order valence-corrected chi connectivity index (χ0v) is 13.1. The summed E-state index contributed by atoms with van der Waals surface area (Å²) >= 11 is 0. The lowest BCUT2D eigenvalue weighted by molar-refractivity contribution is -0.124. The Morgan fingerprint density at radius 3 is 2.95 bits per heavy atom. The number of hydrogen-bond donors (Lipinski definition) is 2. The highest BCUT2D eigenvalue weighted by molar-refractivity contribution is 5.85. The van der Waals surface area contributed by atoms with Crippen molar-refractivity contribution in [3.63, 3.8) is 0 Å². The van der Waals surface area contributed by atoms with Crippen LogP contribution >= 0.6 is 12.4 Å². The normalized spacial score (nSPS) is 27.8. The Labute approximate surface area is 132 Å². The molecule has 2 N–H and O–H groups in total. The summed E-state index contributed by atoms with van der Waals surface area (Å²) in [4.78, 5) is 12.6. The molecule has 0 aliphatic carbocycles. The number of piperidine rings is 1. The van der Waals surface area contributed by atoms with Crippen LogP contribution in [-0.2, 0) is 4.79 Å². The molecule has 0 radical (unpaired) electrons. The highest BCUT2D eigenvalue weighted by Gasteiger charge is 2.30. The third-order valence-electron chi connectivity index (χ3n) is 4.43. The minimum absolute atomic E-state index is 0. The van der Waals surface area contributed by atoms with E-state index in [1.807, 2.05) is 24.3 Å². The van der Waals surface area contributed by atoms with E-state index in [1.165, 1.54) is 0 Å². The van der Waals surface area contributed by atoms with Crippen molar-refractivity contribution in [2.45, 2.75) is 31.7 Å². The molecule has 116 valence electrons. The molecule has 0 saturated carbocycles. The molecule has 1 fully saturated rings. The maximum atomic E-state index is 12.6. The fourth-order valence-electron chi connectivity index (χ4n) is 3.08. The largest absolute Gasteiger partial charge is 0.493 e. The van der Waals surface area contributed by atoms with Gasteiger partial charge in [-0.05, 0) is 31.4 Å². The first-order valence-corrected chi connectivity index (χ1v) is 7.48. The zero-order chi connectivity index (χ0) is 13.9. The second-order valence-electron chi connectivity index (χ2n) is 5.81. The molecule has 2 heterocycles. The quantitative estimate of drug-likeness (QED) is 0.879. The Morgan fingerprint density at radius 2 is 2.14 bits per heavy atom. The fraction of sp³-hybridized carbons (Fsp3) is 0.562. The summed E-state index contributed by atoms with van der Waals surface area (Å²) in [6.45, 7) is 4.75. The number of ether oxygens (including phenoxy) is 1. The second-order valence-corrected chi connectivity index (χ2v) is 5.81. The lowest BCUT2D eigenvalue weighted by Crippen LogP contribution is -2.51. The molecule has 1 saturated heterocycles. The van der Waals surface area contributed by atoms with Gasteiger partial charge in [0.05, 0.1) is 12.5 Å². The van der Waals surface area contributed by atoms with Gasteiger partial charge in [-0.2, -0.15) is 0 Å². The van der Waals surface area contributed by atoms with Gasteiger partial charge in [0.15, 0.2) is 0 Å². The van der Waals surface area contributed by atoms with Crippen LogP contribution in [0.15, 0.2) is 24.3 Å². The van der Waals surface area contributed by atoms with E-state index in [1.54, 1.807) is 0 Å². The van der Waals surface area contributed by atoms with Crippen LogP contribution in [0.5, 0.6) is 5.75 Å². The second kappa shape index (κ2) is 7.14. The van der Waals surface area contributed by atoms with Crippen LogP contribution in [0.1, 0.15) is 31.2 Å². The molecule has 1 amide bonds. The first kappa shape index (κ1) is 16.1. The summed E-state index contributed by atoms with van der Waals surface area (Å²) in [6.07, 6.45) is 1.88. The molecule has 2 aliphatic rings. The van der Waals surface area contributed by atoms with Gasteiger partial charge in [-0.15, -0.1) is 12.4 Å². The Bertz CT molecular complexity index is 495. The summed E-state index contributed by atoms with van der Waals surface area (Å²) < 4.78 is 5.62. The highest BCUT2D eigenvalue weighted by Crippen LogP contribution is 2.33. The topological polar surface area (TPSA) is 50.4 Å². The van der Waals surface area contributed by atoms with E-state index in [0.29, 0.717) is 12.5 Å². The lowest BCUT2D eigenvalue weighted by Gasteiger charge is -2.32. The van der Waals surface area contributed by atoms with Gasteiger partial charge in [0.2, 0.25) is 5.91 Å². The molecule has 1 aromatic carbocycles. The van der Waals surface area contributed by atoms with Crippen LogP contribution in [0.4, 0.5) is 0 Å². The van der Waals surface area contributed by atoms with Gasteiger partial charge < -0.3 is 15.4 Å². The first-order valence-electron chi connectivity index (χ1n) is 7.48. The number of carbonyl (C=O) groups excluding carboxylic acids is 1. The van der Waals surface area contributed by atoms with Crippen molar-refractivity contribution in [1.82, 2.24) is 10.6 Å². The standard InChI is InChI=1S/C16H22N2O2.ClH/c1-11-6-8-17-10-14(11)18-16(19)13-7-9-20-15-5-3-2-4-12(13)15;/h2-5,11,13-14,17H,6-10H2,1H3,(H,18,19);1H. The Morgan fingerprint density at radius 1 is 1.33 bits per heavy atom. The third-order valence-corrected chi connectivity index (χ3v) is 4.43. The van der Waals surface area contributed by atoms with Crippen molar-refractivity contribution in [3.8, 4) is 5.75 Å². The molecule has 0 spiro atoms. The van der Waals surface area contributed by atoms with Crippen LogP contribution in [0.3, 0.4) is 0 Å². The van der Waals surface area contributed by atoms with E-state index in [9.17, 15) is 4.79 Å². The predicted molar refractivity (Wildman–Crippen MR) is 85.1 cm³/mol. The molecule has 3 atom stereocenters. The summed E-state index contributed by atoms with van der Waals surface area (Å²) in [5, 5.41) is 6.58. The Kier molecular flexibility index (Phi) is 5.48. The van der Waals surface area contributed by atoms with Crippen molar-refractivity contribution in [3.05, 3.63) is 29.8 Å². The minimum atomic E-state index is -0.0749. The van der Waals surface area contributed by atoms with Crippen LogP contribution in [0, 0.1) is 5.92 Å². The smallest absolute Gasteiger partial charge is 0.228 e. The number of fused-ring (bicyclic) bond motifs is 1. The minimum Gasteiger partial charge on any atom is -0.493 e.